The van der Waals surface area contributed by atoms with Crippen LogP contribution in [0, 0.1) is 0 Å². The Bertz CT molecular complexity index is 826. The third kappa shape index (κ3) is 3.85. The Labute approximate surface area is 155 Å². The van der Waals surface area contributed by atoms with Crippen molar-refractivity contribution in [2.75, 3.05) is 10.8 Å². The van der Waals surface area contributed by atoms with Gasteiger partial charge in [0.05, 0.1) is 23.2 Å². The third-order valence-corrected chi connectivity index (χ3v) is 4.89. The summed E-state index contributed by atoms with van der Waals surface area (Å²) in [6, 6.07) is 19.9. The molecule has 4 rings (SSSR count). The molecule has 1 N–H and O–H groups in total. The van der Waals surface area contributed by atoms with Crippen LogP contribution in [-0.2, 0) is 4.79 Å². The molecular formula is C18H18N6OS. The molecule has 1 aliphatic rings. The Kier molecular flexibility index (Phi) is 4.83. The number of carbonyl (C=O) groups excluding carboxylic acids is 1. The van der Waals surface area contributed by atoms with Crippen LogP contribution >= 0.6 is 11.8 Å². The largest absolute Gasteiger partial charge is 0.272 e. The molecule has 1 heterocycles. The van der Waals surface area contributed by atoms with Crippen molar-refractivity contribution in [3.8, 4) is 0 Å². The van der Waals surface area contributed by atoms with Crippen molar-refractivity contribution < 1.29 is 4.79 Å². The van der Waals surface area contributed by atoms with Gasteiger partial charge in [-0.2, -0.15) is 0 Å². The molecule has 2 aromatic carbocycles. The van der Waals surface area contributed by atoms with Crippen molar-refractivity contribution in [2.24, 2.45) is 0 Å². The summed E-state index contributed by atoms with van der Waals surface area (Å²) in [6.07, 6.45) is 2.20. The fourth-order valence-corrected chi connectivity index (χ4v) is 3.28. The molecule has 0 aliphatic heterocycles. The Morgan fingerprint density at radius 1 is 1.08 bits per heavy atom. The van der Waals surface area contributed by atoms with Crippen molar-refractivity contribution in [1.29, 1.82) is 0 Å². The van der Waals surface area contributed by atoms with E-state index in [0.717, 1.165) is 24.2 Å². The number of hydrogen-bond donors (Lipinski definition) is 1. The third-order valence-electron chi connectivity index (χ3n) is 3.95. The van der Waals surface area contributed by atoms with Gasteiger partial charge in [-0.25, -0.2) is 4.68 Å². The Morgan fingerprint density at radius 3 is 2.27 bits per heavy atom. The summed E-state index contributed by atoms with van der Waals surface area (Å²) >= 11 is 1.35. The highest BCUT2D eigenvalue weighted by molar-refractivity contribution is 7.99. The summed E-state index contributed by atoms with van der Waals surface area (Å²) in [5.41, 5.74) is 4.75. The first kappa shape index (κ1) is 16.6. The Balaban J connectivity index is 1.45. The van der Waals surface area contributed by atoms with Crippen LogP contribution in [-0.4, -0.2) is 31.9 Å². The number of thioether (sulfide) groups is 1. The molecule has 132 valence electrons. The second-order valence-electron chi connectivity index (χ2n) is 5.97. The molecule has 1 saturated carbocycles. The van der Waals surface area contributed by atoms with Gasteiger partial charge in [-0.15, -0.1) is 5.10 Å². The number of nitrogens with zero attached hydrogens (tertiary/aromatic N) is 5. The molecule has 7 nitrogen and oxygen atoms in total. The van der Waals surface area contributed by atoms with Gasteiger partial charge in [-0.3, -0.25) is 15.2 Å². The molecule has 0 radical (unpaired) electrons. The molecule has 1 aromatic heterocycles. The van der Waals surface area contributed by atoms with E-state index in [-0.39, 0.29) is 11.7 Å². The monoisotopic (exact) mass is 366 g/mol. The Hall–Kier alpha value is -2.87. The summed E-state index contributed by atoms with van der Waals surface area (Å²) in [5, 5.41) is 14.2. The second kappa shape index (κ2) is 7.57. The van der Waals surface area contributed by atoms with Crippen molar-refractivity contribution in [2.45, 2.75) is 24.0 Å². The smallest absolute Gasteiger partial charge is 0.249 e. The molecule has 0 bridgehead atoms. The predicted octanol–water partition coefficient (Wildman–Crippen LogP) is 2.97. The lowest BCUT2D eigenvalue weighted by Gasteiger charge is -2.25. The van der Waals surface area contributed by atoms with E-state index < -0.39 is 0 Å². The van der Waals surface area contributed by atoms with Crippen LogP contribution in [0.25, 0.3) is 0 Å². The normalized spacial score (nSPS) is 13.4. The lowest BCUT2D eigenvalue weighted by atomic mass is 10.2. The van der Waals surface area contributed by atoms with Gasteiger partial charge in [0.1, 0.15) is 0 Å². The number of benzene rings is 2. The van der Waals surface area contributed by atoms with Crippen LogP contribution in [0.3, 0.4) is 0 Å². The second-order valence-corrected chi connectivity index (χ2v) is 6.91. The average molecular weight is 366 g/mol. The van der Waals surface area contributed by atoms with Crippen molar-refractivity contribution in [1.82, 2.24) is 25.6 Å². The molecule has 0 spiro atoms. The number of anilines is 2. The number of nitrogens with one attached hydrogen (secondary N) is 1. The summed E-state index contributed by atoms with van der Waals surface area (Å²) in [4.78, 5) is 12.5. The van der Waals surface area contributed by atoms with Gasteiger partial charge in [-0.1, -0.05) is 48.2 Å². The zero-order valence-electron chi connectivity index (χ0n) is 14.0. The number of para-hydroxylation sites is 2. The summed E-state index contributed by atoms with van der Waals surface area (Å²) in [6.45, 7) is 0. The highest BCUT2D eigenvalue weighted by Crippen LogP contribution is 2.36. The highest BCUT2D eigenvalue weighted by Gasteiger charge is 2.28. The molecular weight excluding hydrogens is 348 g/mol. The van der Waals surface area contributed by atoms with E-state index in [9.17, 15) is 4.79 Å². The van der Waals surface area contributed by atoms with Gasteiger partial charge < -0.3 is 0 Å². The van der Waals surface area contributed by atoms with E-state index in [1.54, 1.807) is 5.01 Å². The maximum atomic E-state index is 12.5. The molecule has 0 saturated heterocycles. The minimum atomic E-state index is -0.118. The zero-order chi connectivity index (χ0) is 17.8. The lowest BCUT2D eigenvalue weighted by Crippen LogP contribution is -2.40. The average Bonchev–Trinajstić information content (AvgIpc) is 3.43. The van der Waals surface area contributed by atoms with E-state index in [4.69, 9.17) is 0 Å². The number of hydrazine groups is 1. The number of tetrazole rings is 1. The van der Waals surface area contributed by atoms with Crippen LogP contribution < -0.4 is 10.4 Å². The van der Waals surface area contributed by atoms with Crippen molar-refractivity contribution in [3.05, 3.63) is 60.7 Å². The zero-order valence-corrected chi connectivity index (χ0v) is 14.8. The minimum Gasteiger partial charge on any atom is -0.272 e. The van der Waals surface area contributed by atoms with Gasteiger partial charge in [0, 0.05) is 0 Å². The van der Waals surface area contributed by atoms with E-state index in [1.807, 2.05) is 65.3 Å². The fourth-order valence-electron chi connectivity index (χ4n) is 2.55. The molecule has 3 aromatic rings. The minimum absolute atomic E-state index is 0.118. The van der Waals surface area contributed by atoms with Gasteiger partial charge in [0.2, 0.25) is 11.1 Å². The van der Waals surface area contributed by atoms with Crippen LogP contribution in [0.5, 0.6) is 0 Å². The SMILES string of the molecule is O=C(CSc1nnnn1C1CC1)NN(c1ccccc1)c1ccccc1. The molecule has 8 heteroatoms. The van der Waals surface area contributed by atoms with Gasteiger partial charge in [0.15, 0.2) is 0 Å². The number of rotatable bonds is 7. The topological polar surface area (TPSA) is 75.9 Å². The van der Waals surface area contributed by atoms with Gasteiger partial charge in [-0.05, 0) is 47.5 Å². The lowest BCUT2D eigenvalue weighted by molar-refractivity contribution is -0.118. The predicted molar refractivity (Wildman–Crippen MR) is 100.0 cm³/mol. The van der Waals surface area contributed by atoms with Gasteiger partial charge >= 0.3 is 0 Å². The molecule has 0 atom stereocenters. The number of amides is 1. The standard InChI is InChI=1S/C18H18N6OS/c25-17(13-26-18-19-21-22-24(18)16-11-12-16)20-23(14-7-3-1-4-8-14)15-9-5-2-6-10-15/h1-10,16H,11-13H2,(H,20,25). The number of aromatic nitrogens is 4. The summed E-state index contributed by atoms with van der Waals surface area (Å²) in [7, 11) is 0. The van der Waals surface area contributed by atoms with Crippen LogP contribution in [0.15, 0.2) is 65.8 Å². The van der Waals surface area contributed by atoms with E-state index in [0.29, 0.717) is 11.2 Å². The first-order chi connectivity index (χ1) is 12.8. The van der Waals surface area contributed by atoms with Crippen molar-refractivity contribution in [3.63, 3.8) is 0 Å². The van der Waals surface area contributed by atoms with Crippen LogP contribution in [0.4, 0.5) is 11.4 Å². The quantitative estimate of drug-likeness (QED) is 0.512. The molecule has 1 fully saturated rings. The van der Waals surface area contributed by atoms with Crippen LogP contribution in [0.1, 0.15) is 18.9 Å². The summed E-state index contributed by atoms with van der Waals surface area (Å²) < 4.78 is 1.81. The van der Waals surface area contributed by atoms with Crippen LogP contribution in [0.2, 0.25) is 0 Å². The van der Waals surface area contributed by atoms with E-state index >= 15 is 0 Å². The first-order valence-electron chi connectivity index (χ1n) is 8.41. The number of hydrogen-bond acceptors (Lipinski definition) is 6. The fraction of sp³-hybridized carbons (Fsp3) is 0.222. The molecule has 1 aliphatic carbocycles. The Morgan fingerprint density at radius 2 is 1.69 bits per heavy atom. The highest BCUT2D eigenvalue weighted by atomic mass is 32.2. The summed E-state index contributed by atoms with van der Waals surface area (Å²) in [5.74, 6) is 0.122. The molecule has 0 unspecified atom stereocenters. The molecule has 1 amide bonds. The molecule has 26 heavy (non-hydrogen) atoms. The number of carbonyl (C=O) groups is 1. The van der Waals surface area contributed by atoms with Crippen molar-refractivity contribution >= 4 is 29.0 Å². The van der Waals surface area contributed by atoms with Gasteiger partial charge in [0.25, 0.3) is 0 Å². The van der Waals surface area contributed by atoms with E-state index in [1.165, 1.54) is 11.8 Å². The van der Waals surface area contributed by atoms with E-state index in [2.05, 4.69) is 21.0 Å². The maximum absolute atomic E-state index is 12.5. The maximum Gasteiger partial charge on any atom is 0.249 e. The first-order valence-corrected chi connectivity index (χ1v) is 9.40.